The van der Waals surface area contributed by atoms with E-state index in [0.29, 0.717) is 15.1 Å². The van der Waals surface area contributed by atoms with Crippen molar-refractivity contribution in [3.8, 4) is 5.75 Å². The van der Waals surface area contributed by atoms with E-state index in [-0.39, 0.29) is 23.6 Å². The van der Waals surface area contributed by atoms with Crippen molar-refractivity contribution >= 4 is 51.3 Å². The Kier molecular flexibility index (Phi) is 4.05. The van der Waals surface area contributed by atoms with Gasteiger partial charge in [-0.25, -0.2) is 0 Å². The molecule has 0 saturated heterocycles. The maximum absolute atomic E-state index is 10.8. The van der Waals surface area contributed by atoms with E-state index in [9.17, 15) is 5.11 Å². The number of hydrogen-bond donors (Lipinski definition) is 2. The molecule has 0 spiro atoms. The first-order valence-electron chi connectivity index (χ1n) is 8.87. The third kappa shape index (κ3) is 2.55. The van der Waals surface area contributed by atoms with Crippen molar-refractivity contribution < 1.29 is 5.11 Å². The van der Waals surface area contributed by atoms with Gasteiger partial charge in [0.2, 0.25) is 0 Å². The van der Waals surface area contributed by atoms with E-state index in [1.807, 2.05) is 18.2 Å². The second-order valence-electron chi connectivity index (χ2n) is 7.14. The van der Waals surface area contributed by atoms with Crippen LogP contribution >= 0.6 is 34.8 Å². The smallest absolute Gasteiger partial charge is 0.121 e. The van der Waals surface area contributed by atoms with Crippen molar-refractivity contribution in [2.45, 2.75) is 18.4 Å². The monoisotopic (exact) mass is 415 g/mol. The van der Waals surface area contributed by atoms with Crippen molar-refractivity contribution in [2.24, 2.45) is 5.92 Å². The van der Waals surface area contributed by atoms with E-state index in [0.717, 1.165) is 34.0 Å². The number of anilines is 1. The van der Waals surface area contributed by atoms with E-state index in [1.165, 1.54) is 0 Å². The van der Waals surface area contributed by atoms with Crippen molar-refractivity contribution in [3.63, 3.8) is 0 Å². The van der Waals surface area contributed by atoms with E-state index in [2.05, 4.69) is 29.6 Å². The van der Waals surface area contributed by atoms with Gasteiger partial charge in [-0.2, -0.15) is 0 Å². The zero-order valence-corrected chi connectivity index (χ0v) is 16.5. The van der Waals surface area contributed by atoms with Gasteiger partial charge in [0.1, 0.15) is 5.75 Å². The normalized spacial score (nSPS) is 23.1. The maximum Gasteiger partial charge on any atom is 0.121 e. The number of phenolic OH excluding ortho intramolecular Hbond substituents is 1. The van der Waals surface area contributed by atoms with Crippen LogP contribution in [0.5, 0.6) is 5.75 Å². The minimum atomic E-state index is -0.0849. The highest BCUT2D eigenvalue weighted by atomic mass is 35.5. The number of nitrogens with one attached hydrogen (secondary N) is 1. The fourth-order valence-corrected chi connectivity index (χ4v) is 5.37. The average Bonchev–Trinajstić information content (AvgIpc) is 3.15. The molecule has 3 aromatic carbocycles. The summed E-state index contributed by atoms with van der Waals surface area (Å²) < 4.78 is 0. The molecule has 1 heterocycles. The van der Waals surface area contributed by atoms with Gasteiger partial charge in [-0.3, -0.25) is 0 Å². The van der Waals surface area contributed by atoms with Crippen LogP contribution < -0.4 is 5.32 Å². The molecule has 136 valence electrons. The van der Waals surface area contributed by atoms with Crippen molar-refractivity contribution in [2.75, 3.05) is 5.32 Å². The summed E-state index contributed by atoms with van der Waals surface area (Å²) in [4.78, 5) is 0. The highest BCUT2D eigenvalue weighted by Gasteiger charge is 2.41. The topological polar surface area (TPSA) is 32.3 Å². The Hall–Kier alpha value is -1.87. The summed E-state index contributed by atoms with van der Waals surface area (Å²) in [5, 5.41) is 18.0. The fraction of sp³-hybridized carbons (Fsp3) is 0.182. The Labute approximate surface area is 172 Å². The molecule has 2 aliphatic rings. The number of allylic oxidation sites excluding steroid dienone is 2. The Balaban J connectivity index is 1.75. The van der Waals surface area contributed by atoms with Crippen LogP contribution in [0.15, 0.2) is 54.6 Å². The van der Waals surface area contributed by atoms with Gasteiger partial charge in [-0.15, -0.1) is 0 Å². The van der Waals surface area contributed by atoms with Crippen molar-refractivity contribution in [3.05, 3.63) is 80.8 Å². The lowest BCUT2D eigenvalue weighted by molar-refractivity contribution is 0.405. The predicted molar refractivity (Wildman–Crippen MR) is 113 cm³/mol. The number of benzene rings is 3. The highest BCUT2D eigenvalue weighted by molar-refractivity contribution is 6.44. The number of fused-ring (bicyclic) bond motifs is 4. The number of phenols is 1. The molecule has 3 aromatic rings. The lowest BCUT2D eigenvalue weighted by Gasteiger charge is -2.39. The third-order valence-electron chi connectivity index (χ3n) is 5.74. The van der Waals surface area contributed by atoms with Crippen molar-refractivity contribution in [1.82, 2.24) is 0 Å². The van der Waals surface area contributed by atoms with Gasteiger partial charge in [0.25, 0.3) is 0 Å². The minimum absolute atomic E-state index is 0.0849. The summed E-state index contributed by atoms with van der Waals surface area (Å²) in [5.41, 5.74) is 2.65. The quantitative estimate of drug-likeness (QED) is 0.321. The molecule has 5 heteroatoms. The molecular weight excluding hydrogens is 401 g/mol. The van der Waals surface area contributed by atoms with Gasteiger partial charge in [0.05, 0.1) is 26.8 Å². The van der Waals surface area contributed by atoms with Gasteiger partial charge in [-0.1, -0.05) is 77.3 Å². The van der Waals surface area contributed by atoms with Crippen LogP contribution in [0.2, 0.25) is 15.1 Å². The molecule has 0 aromatic heterocycles. The molecule has 0 radical (unpaired) electrons. The molecule has 27 heavy (non-hydrogen) atoms. The second-order valence-corrected chi connectivity index (χ2v) is 8.33. The first-order valence-corrected chi connectivity index (χ1v) is 10.0. The largest absolute Gasteiger partial charge is 0.508 e. The van der Waals surface area contributed by atoms with E-state index < -0.39 is 0 Å². The lowest BCUT2D eigenvalue weighted by atomic mass is 9.76. The third-order valence-corrected chi connectivity index (χ3v) is 6.84. The SMILES string of the molecule is Oc1ccc2ccccc2c1C1Nc2c(Cl)cc(Cl)c(Cl)c2C2C=CCC21. The van der Waals surface area contributed by atoms with E-state index in [1.54, 1.807) is 12.1 Å². The molecule has 0 amide bonds. The highest BCUT2D eigenvalue weighted by Crippen LogP contribution is 2.56. The van der Waals surface area contributed by atoms with Gasteiger partial charge in [0, 0.05) is 17.0 Å². The van der Waals surface area contributed by atoms with Crippen LogP contribution in [0, 0.1) is 5.92 Å². The Morgan fingerprint density at radius 3 is 2.63 bits per heavy atom. The predicted octanol–water partition coefficient (Wildman–Crippen LogP) is 7.33. The molecule has 1 aliphatic carbocycles. The fourth-order valence-electron chi connectivity index (χ4n) is 4.56. The molecule has 3 unspecified atom stereocenters. The molecule has 2 N–H and O–H groups in total. The molecule has 1 aliphatic heterocycles. The van der Waals surface area contributed by atoms with Crippen LogP contribution in [0.25, 0.3) is 10.8 Å². The number of hydrogen-bond acceptors (Lipinski definition) is 2. The van der Waals surface area contributed by atoms with E-state index in [4.69, 9.17) is 34.8 Å². The first-order chi connectivity index (χ1) is 13.1. The van der Waals surface area contributed by atoms with Gasteiger partial charge in [-0.05, 0) is 35.2 Å². The summed E-state index contributed by atoms with van der Waals surface area (Å²) >= 11 is 19.4. The second kappa shape index (κ2) is 6.34. The van der Waals surface area contributed by atoms with Crippen LogP contribution in [0.3, 0.4) is 0 Å². The van der Waals surface area contributed by atoms with E-state index >= 15 is 0 Å². The average molecular weight is 417 g/mol. The van der Waals surface area contributed by atoms with Crippen LogP contribution in [0.4, 0.5) is 5.69 Å². The van der Waals surface area contributed by atoms with Gasteiger partial charge >= 0.3 is 0 Å². The summed E-state index contributed by atoms with van der Waals surface area (Å²) in [6.45, 7) is 0. The number of aromatic hydroxyl groups is 1. The molecule has 2 nitrogen and oxygen atoms in total. The molecular formula is C22H16Cl3NO. The summed E-state index contributed by atoms with van der Waals surface area (Å²) in [6.07, 6.45) is 5.25. The summed E-state index contributed by atoms with van der Waals surface area (Å²) in [6, 6.07) is 13.4. The molecule has 5 rings (SSSR count). The summed E-state index contributed by atoms with van der Waals surface area (Å²) in [5.74, 6) is 0.617. The minimum Gasteiger partial charge on any atom is -0.508 e. The number of rotatable bonds is 1. The van der Waals surface area contributed by atoms with Crippen LogP contribution in [0.1, 0.15) is 29.5 Å². The maximum atomic E-state index is 10.8. The zero-order valence-electron chi connectivity index (χ0n) is 14.2. The Morgan fingerprint density at radius 1 is 0.963 bits per heavy atom. The molecule has 3 atom stereocenters. The summed E-state index contributed by atoms with van der Waals surface area (Å²) in [7, 11) is 0. The Morgan fingerprint density at radius 2 is 1.78 bits per heavy atom. The van der Waals surface area contributed by atoms with Gasteiger partial charge < -0.3 is 10.4 Å². The van der Waals surface area contributed by atoms with Crippen LogP contribution in [-0.2, 0) is 0 Å². The molecule has 0 fully saturated rings. The number of halogens is 3. The Bertz CT molecular complexity index is 1110. The standard InChI is InChI=1S/C22H16Cl3NO/c23-15-10-16(24)22-19(20(15)25)13-6-3-7-14(13)21(26-22)18-12-5-2-1-4-11(12)8-9-17(18)27/h1-6,8-10,13-14,21,26-27H,7H2. The molecule has 0 bridgehead atoms. The lowest BCUT2D eigenvalue weighted by Crippen LogP contribution is -2.29. The first kappa shape index (κ1) is 17.2. The molecule has 0 saturated carbocycles. The van der Waals surface area contributed by atoms with Crippen LogP contribution in [-0.4, -0.2) is 5.11 Å². The zero-order chi connectivity index (χ0) is 18.7. The van der Waals surface area contributed by atoms with Gasteiger partial charge in [0.15, 0.2) is 0 Å². The van der Waals surface area contributed by atoms with Crippen molar-refractivity contribution in [1.29, 1.82) is 0 Å².